The lowest BCUT2D eigenvalue weighted by molar-refractivity contribution is -0.135. The van der Waals surface area contributed by atoms with E-state index in [1.54, 1.807) is 36.4 Å². The van der Waals surface area contributed by atoms with Crippen molar-refractivity contribution in [3.63, 3.8) is 0 Å². The molecule has 152 valence electrons. The van der Waals surface area contributed by atoms with Crippen molar-refractivity contribution in [2.75, 3.05) is 14.2 Å². The first kappa shape index (κ1) is 19.0. The Hall–Kier alpha value is -3.00. The second-order valence-electron chi connectivity index (χ2n) is 7.04. The molecule has 2 aromatic carbocycles. The van der Waals surface area contributed by atoms with Gasteiger partial charge in [-0.15, -0.1) is 0 Å². The Balaban J connectivity index is 2.03. The van der Waals surface area contributed by atoms with Crippen LogP contribution in [0, 0.1) is 0 Å². The van der Waals surface area contributed by atoms with Gasteiger partial charge in [-0.25, -0.2) is 0 Å². The summed E-state index contributed by atoms with van der Waals surface area (Å²) in [6.45, 7) is 0. The summed E-state index contributed by atoms with van der Waals surface area (Å²) < 4.78 is 6.93. The number of nitrogens with zero attached hydrogens (tertiary/aromatic N) is 1. The molecule has 3 N–H and O–H groups in total. The minimum absolute atomic E-state index is 0.129. The van der Waals surface area contributed by atoms with Gasteiger partial charge in [0.2, 0.25) is 0 Å². The molecule has 0 aliphatic carbocycles. The number of amides is 1. The van der Waals surface area contributed by atoms with Gasteiger partial charge in [0, 0.05) is 38.9 Å². The smallest absolute Gasteiger partial charge is 0.278 e. The fourth-order valence-electron chi connectivity index (χ4n) is 4.26. The van der Waals surface area contributed by atoms with Crippen LogP contribution in [-0.4, -0.2) is 40.6 Å². The van der Waals surface area contributed by atoms with E-state index >= 15 is 0 Å². The molecule has 0 saturated heterocycles. The molecule has 3 heterocycles. The van der Waals surface area contributed by atoms with E-state index in [0.29, 0.717) is 49.0 Å². The zero-order chi connectivity index (χ0) is 21.4. The van der Waals surface area contributed by atoms with Gasteiger partial charge in [0.1, 0.15) is 5.69 Å². The molecule has 30 heavy (non-hydrogen) atoms. The number of nitrogens with one attached hydrogen (secondary N) is 2. The number of H-pyrrole nitrogens is 1. The van der Waals surface area contributed by atoms with Crippen molar-refractivity contribution in [2.45, 2.75) is 5.60 Å². The number of aromatic nitrogens is 2. The number of likely N-dealkylation sites (N-methyl/N-ethyl adjacent to an activating group) is 1. The summed E-state index contributed by atoms with van der Waals surface area (Å²) in [6, 6.07) is 9.96. The summed E-state index contributed by atoms with van der Waals surface area (Å²) in [5, 5.41) is 15.9. The lowest BCUT2D eigenvalue weighted by Gasteiger charge is -2.31. The molecule has 2 aromatic heterocycles. The van der Waals surface area contributed by atoms with E-state index in [1.807, 2.05) is 0 Å². The molecule has 1 aliphatic rings. The van der Waals surface area contributed by atoms with Gasteiger partial charge in [0.15, 0.2) is 5.75 Å². The SMILES string of the molecule is CNC(=O)C1(O)C(=O)n2c(c(OC)c3cc(Cl)ccc32)-c2[nH]c3ccc(Cl)cc3c21. The number of rotatable bonds is 2. The number of aromatic amines is 1. The van der Waals surface area contributed by atoms with Crippen LogP contribution in [0.4, 0.5) is 0 Å². The zero-order valence-electron chi connectivity index (χ0n) is 15.8. The third-order valence-electron chi connectivity index (χ3n) is 5.51. The number of hydrogen-bond donors (Lipinski definition) is 3. The monoisotopic (exact) mass is 443 g/mol. The fraction of sp³-hybridized carbons (Fsp3) is 0.143. The molecule has 7 nitrogen and oxygen atoms in total. The Labute approximate surface area is 180 Å². The van der Waals surface area contributed by atoms with Gasteiger partial charge in [-0.2, -0.15) is 0 Å². The van der Waals surface area contributed by atoms with Crippen LogP contribution in [0.25, 0.3) is 33.2 Å². The fourth-order valence-corrected chi connectivity index (χ4v) is 4.60. The highest BCUT2D eigenvalue weighted by Crippen LogP contribution is 2.50. The van der Waals surface area contributed by atoms with E-state index in [4.69, 9.17) is 27.9 Å². The third kappa shape index (κ3) is 2.19. The first-order valence-electron chi connectivity index (χ1n) is 9.02. The summed E-state index contributed by atoms with van der Waals surface area (Å²) in [7, 11) is 2.85. The molecule has 0 spiro atoms. The van der Waals surface area contributed by atoms with Crippen molar-refractivity contribution >= 4 is 56.8 Å². The number of fused-ring (bicyclic) bond motifs is 7. The molecular formula is C21H15Cl2N3O4. The minimum Gasteiger partial charge on any atom is -0.494 e. The number of methoxy groups -OCH3 is 1. The van der Waals surface area contributed by atoms with E-state index in [-0.39, 0.29) is 5.56 Å². The van der Waals surface area contributed by atoms with Crippen LogP contribution in [0.15, 0.2) is 36.4 Å². The topological polar surface area (TPSA) is 96.4 Å². The van der Waals surface area contributed by atoms with Crippen LogP contribution >= 0.6 is 23.2 Å². The van der Waals surface area contributed by atoms with Gasteiger partial charge in [-0.3, -0.25) is 14.2 Å². The predicted octanol–water partition coefficient (Wildman–Crippen LogP) is 3.69. The summed E-state index contributed by atoms with van der Waals surface area (Å²) >= 11 is 12.3. The summed E-state index contributed by atoms with van der Waals surface area (Å²) in [5.41, 5.74) is -0.488. The molecular weight excluding hydrogens is 429 g/mol. The van der Waals surface area contributed by atoms with Gasteiger partial charge < -0.3 is 20.1 Å². The molecule has 0 saturated carbocycles. The molecule has 0 fully saturated rings. The van der Waals surface area contributed by atoms with E-state index in [9.17, 15) is 14.7 Å². The van der Waals surface area contributed by atoms with Crippen LogP contribution in [-0.2, 0) is 10.4 Å². The highest BCUT2D eigenvalue weighted by atomic mass is 35.5. The van der Waals surface area contributed by atoms with Gasteiger partial charge in [0.05, 0.1) is 18.3 Å². The Kier molecular flexibility index (Phi) is 3.96. The number of carbonyl (C=O) groups is 2. The van der Waals surface area contributed by atoms with Crippen molar-refractivity contribution in [2.24, 2.45) is 0 Å². The first-order chi connectivity index (χ1) is 14.3. The number of hydrogen-bond acceptors (Lipinski definition) is 4. The van der Waals surface area contributed by atoms with Crippen molar-refractivity contribution in [1.29, 1.82) is 0 Å². The zero-order valence-corrected chi connectivity index (χ0v) is 17.4. The van der Waals surface area contributed by atoms with Gasteiger partial charge >= 0.3 is 0 Å². The lowest BCUT2D eigenvalue weighted by Crippen LogP contribution is -2.53. The number of ether oxygens (including phenoxy) is 1. The molecule has 0 radical (unpaired) electrons. The first-order valence-corrected chi connectivity index (χ1v) is 9.78. The predicted molar refractivity (Wildman–Crippen MR) is 114 cm³/mol. The van der Waals surface area contributed by atoms with E-state index in [1.165, 1.54) is 18.7 Å². The van der Waals surface area contributed by atoms with Gasteiger partial charge in [-0.1, -0.05) is 23.2 Å². The van der Waals surface area contributed by atoms with Crippen molar-refractivity contribution < 1.29 is 19.4 Å². The number of benzene rings is 2. The molecule has 1 unspecified atom stereocenters. The van der Waals surface area contributed by atoms with E-state index in [2.05, 4.69) is 10.3 Å². The molecule has 1 aliphatic heterocycles. The molecule has 4 aromatic rings. The molecule has 0 bridgehead atoms. The number of halogens is 2. The van der Waals surface area contributed by atoms with E-state index in [0.717, 1.165) is 0 Å². The Morgan fingerprint density at radius 3 is 2.50 bits per heavy atom. The highest BCUT2D eigenvalue weighted by Gasteiger charge is 2.54. The van der Waals surface area contributed by atoms with E-state index < -0.39 is 17.4 Å². The van der Waals surface area contributed by atoms with Gasteiger partial charge in [0.25, 0.3) is 17.4 Å². The second kappa shape index (κ2) is 6.25. The van der Waals surface area contributed by atoms with Crippen molar-refractivity contribution in [3.05, 3.63) is 52.0 Å². The average Bonchev–Trinajstić information content (AvgIpc) is 3.26. The maximum absolute atomic E-state index is 13.7. The van der Waals surface area contributed by atoms with Crippen molar-refractivity contribution in [3.8, 4) is 17.1 Å². The molecule has 1 amide bonds. The van der Waals surface area contributed by atoms with Crippen LogP contribution in [0.5, 0.6) is 5.75 Å². The Morgan fingerprint density at radius 1 is 1.17 bits per heavy atom. The lowest BCUT2D eigenvalue weighted by atomic mass is 9.85. The average molecular weight is 444 g/mol. The molecule has 1 atom stereocenters. The standard InChI is InChI=1S/C21H15Cl2N3O4/c1-24-19(27)21(29)15-11-7-9(22)3-5-13(11)25-16(15)17-18(30-2)12-8-10(23)4-6-14(12)26(17)20(21)28/h3-8,25,29H,1-2H3,(H,24,27). The molecule has 9 heteroatoms. The second-order valence-corrected chi connectivity index (χ2v) is 7.91. The summed E-state index contributed by atoms with van der Waals surface area (Å²) in [4.78, 5) is 29.8. The van der Waals surface area contributed by atoms with Crippen LogP contribution in [0.2, 0.25) is 10.0 Å². The highest BCUT2D eigenvalue weighted by molar-refractivity contribution is 6.32. The normalized spacial score (nSPS) is 17.8. The minimum atomic E-state index is -2.48. The largest absolute Gasteiger partial charge is 0.494 e. The summed E-state index contributed by atoms with van der Waals surface area (Å²) in [6.07, 6.45) is 0. The van der Waals surface area contributed by atoms with Crippen molar-refractivity contribution in [1.82, 2.24) is 14.9 Å². The number of carbonyl (C=O) groups excluding carboxylic acids is 2. The number of aliphatic hydroxyl groups is 1. The maximum atomic E-state index is 13.7. The quantitative estimate of drug-likeness (QED) is 0.411. The Morgan fingerprint density at radius 2 is 1.83 bits per heavy atom. The van der Waals surface area contributed by atoms with Crippen LogP contribution in [0.1, 0.15) is 10.4 Å². The van der Waals surface area contributed by atoms with Crippen LogP contribution < -0.4 is 10.1 Å². The summed E-state index contributed by atoms with van der Waals surface area (Å²) in [5.74, 6) is -1.27. The maximum Gasteiger partial charge on any atom is 0.278 e. The Bertz CT molecular complexity index is 1400. The van der Waals surface area contributed by atoms with Crippen LogP contribution in [0.3, 0.4) is 0 Å². The van der Waals surface area contributed by atoms with Gasteiger partial charge in [-0.05, 0) is 36.4 Å². The molecule has 5 rings (SSSR count). The third-order valence-corrected chi connectivity index (χ3v) is 5.98.